The summed E-state index contributed by atoms with van der Waals surface area (Å²) in [6.45, 7) is 4.80. The van der Waals surface area contributed by atoms with Crippen LogP contribution in [0.3, 0.4) is 0 Å². The Hall–Kier alpha value is -0.910. The van der Waals surface area contributed by atoms with Crippen molar-refractivity contribution in [3.8, 4) is 0 Å². The molecule has 28 heavy (non-hydrogen) atoms. The van der Waals surface area contributed by atoms with E-state index >= 15 is 0 Å². The van der Waals surface area contributed by atoms with Crippen molar-refractivity contribution in [1.82, 2.24) is 0 Å². The van der Waals surface area contributed by atoms with Gasteiger partial charge in [0.1, 0.15) is 6.61 Å². The van der Waals surface area contributed by atoms with Gasteiger partial charge in [0, 0.05) is 17.9 Å². The standard InChI is InChI=1S/C23H34O5/c1-20-7-3-15(24)12-22(20,26)9-5-18-17(20)4-8-21(2)16(6-10-23(18,21)27)14-11-19(25)28-13-14/h11,15-18,24,26-27H,3-10,12-13H2,1-2H3/t15-,16+,17-,18+,20-,21-,22-,23+/m1/s1. The Morgan fingerprint density at radius 1 is 0.964 bits per heavy atom. The molecule has 8 atom stereocenters. The van der Waals surface area contributed by atoms with Gasteiger partial charge in [-0.15, -0.1) is 0 Å². The van der Waals surface area contributed by atoms with Crippen LogP contribution in [-0.2, 0) is 9.53 Å². The Bertz CT molecular complexity index is 733. The summed E-state index contributed by atoms with van der Waals surface area (Å²) in [5.74, 6) is 0.409. The van der Waals surface area contributed by atoms with Gasteiger partial charge >= 0.3 is 5.97 Å². The fourth-order valence-corrected chi connectivity index (χ4v) is 8.38. The molecular formula is C23H34O5. The lowest BCUT2D eigenvalue weighted by molar-refractivity contribution is -0.254. The van der Waals surface area contributed by atoms with Crippen LogP contribution in [0.15, 0.2) is 11.6 Å². The predicted octanol–water partition coefficient (Wildman–Crippen LogP) is 2.72. The van der Waals surface area contributed by atoms with Gasteiger partial charge in [-0.3, -0.25) is 0 Å². The minimum absolute atomic E-state index is 0.176. The first-order chi connectivity index (χ1) is 13.1. The zero-order chi connectivity index (χ0) is 19.9. The molecule has 4 saturated carbocycles. The first kappa shape index (κ1) is 19.1. The van der Waals surface area contributed by atoms with E-state index in [1.807, 2.05) is 0 Å². The number of esters is 1. The smallest absolute Gasteiger partial charge is 0.331 e. The van der Waals surface area contributed by atoms with Crippen molar-refractivity contribution in [3.63, 3.8) is 0 Å². The second-order valence-electron chi connectivity index (χ2n) is 10.9. The molecule has 0 bridgehead atoms. The van der Waals surface area contributed by atoms with Gasteiger partial charge in [0.15, 0.2) is 0 Å². The molecule has 0 amide bonds. The van der Waals surface area contributed by atoms with Crippen molar-refractivity contribution in [2.24, 2.45) is 28.6 Å². The van der Waals surface area contributed by atoms with Gasteiger partial charge in [0.25, 0.3) is 0 Å². The maximum Gasteiger partial charge on any atom is 0.331 e. The van der Waals surface area contributed by atoms with E-state index in [1.54, 1.807) is 6.08 Å². The van der Waals surface area contributed by atoms with Crippen molar-refractivity contribution in [2.75, 3.05) is 6.61 Å². The Morgan fingerprint density at radius 3 is 2.39 bits per heavy atom. The molecule has 4 fully saturated rings. The van der Waals surface area contributed by atoms with Crippen LogP contribution in [0.2, 0.25) is 0 Å². The van der Waals surface area contributed by atoms with Crippen LogP contribution in [0.1, 0.15) is 71.6 Å². The number of fused-ring (bicyclic) bond motifs is 5. The maximum absolute atomic E-state index is 12.1. The number of carbonyl (C=O) groups is 1. The first-order valence-corrected chi connectivity index (χ1v) is 11.1. The molecule has 0 saturated heterocycles. The third kappa shape index (κ3) is 2.21. The summed E-state index contributed by atoms with van der Waals surface area (Å²) in [5, 5.41) is 33.8. The summed E-state index contributed by atoms with van der Waals surface area (Å²) in [6.07, 6.45) is 8.33. The Morgan fingerprint density at radius 2 is 1.68 bits per heavy atom. The van der Waals surface area contributed by atoms with Crippen molar-refractivity contribution in [1.29, 1.82) is 0 Å². The van der Waals surface area contributed by atoms with Gasteiger partial charge in [0.2, 0.25) is 0 Å². The summed E-state index contributed by atoms with van der Waals surface area (Å²) >= 11 is 0. The van der Waals surface area contributed by atoms with Crippen LogP contribution in [0.25, 0.3) is 0 Å². The van der Waals surface area contributed by atoms with E-state index in [0.29, 0.717) is 19.4 Å². The number of ether oxygens (including phenoxy) is 1. The lowest BCUT2D eigenvalue weighted by Gasteiger charge is -2.66. The van der Waals surface area contributed by atoms with Crippen LogP contribution < -0.4 is 0 Å². The molecule has 1 aliphatic heterocycles. The van der Waals surface area contributed by atoms with Crippen LogP contribution in [0, 0.1) is 28.6 Å². The zero-order valence-corrected chi connectivity index (χ0v) is 17.1. The Kier molecular flexibility index (Phi) is 3.97. The number of carbonyl (C=O) groups excluding carboxylic acids is 1. The molecule has 0 unspecified atom stereocenters. The topological polar surface area (TPSA) is 87.0 Å². The molecule has 0 aromatic heterocycles. The highest BCUT2D eigenvalue weighted by molar-refractivity contribution is 5.85. The van der Waals surface area contributed by atoms with Gasteiger partial charge in [0.05, 0.1) is 17.3 Å². The van der Waals surface area contributed by atoms with Gasteiger partial charge in [-0.05, 0) is 80.1 Å². The molecule has 1 heterocycles. The van der Waals surface area contributed by atoms with E-state index in [0.717, 1.165) is 50.5 Å². The number of rotatable bonds is 1. The van der Waals surface area contributed by atoms with Gasteiger partial charge < -0.3 is 20.1 Å². The largest absolute Gasteiger partial charge is 0.458 e. The Labute approximate surface area is 167 Å². The highest BCUT2D eigenvalue weighted by atomic mass is 16.5. The second kappa shape index (κ2) is 5.83. The van der Waals surface area contributed by atoms with E-state index in [4.69, 9.17) is 4.74 Å². The fraction of sp³-hybridized carbons (Fsp3) is 0.870. The summed E-state index contributed by atoms with van der Waals surface area (Å²) in [7, 11) is 0. The molecule has 0 radical (unpaired) electrons. The Balaban J connectivity index is 1.49. The van der Waals surface area contributed by atoms with Gasteiger partial charge in [-0.2, -0.15) is 0 Å². The molecule has 156 valence electrons. The predicted molar refractivity (Wildman–Crippen MR) is 103 cm³/mol. The van der Waals surface area contributed by atoms with E-state index < -0.39 is 17.3 Å². The number of aliphatic hydroxyl groups is 3. The van der Waals surface area contributed by atoms with Gasteiger partial charge in [-0.25, -0.2) is 4.79 Å². The molecule has 5 nitrogen and oxygen atoms in total. The minimum Gasteiger partial charge on any atom is -0.458 e. The first-order valence-electron chi connectivity index (χ1n) is 11.1. The lowest BCUT2D eigenvalue weighted by atomic mass is 9.42. The van der Waals surface area contributed by atoms with Crippen LogP contribution >= 0.6 is 0 Å². The minimum atomic E-state index is -0.817. The van der Waals surface area contributed by atoms with E-state index in [1.165, 1.54) is 0 Å². The van der Waals surface area contributed by atoms with Crippen LogP contribution in [0.5, 0.6) is 0 Å². The maximum atomic E-state index is 12.1. The quantitative estimate of drug-likeness (QED) is 0.599. The lowest BCUT2D eigenvalue weighted by Crippen LogP contribution is -2.67. The van der Waals surface area contributed by atoms with E-state index in [2.05, 4.69) is 13.8 Å². The van der Waals surface area contributed by atoms with E-state index in [-0.39, 0.29) is 34.6 Å². The molecule has 0 spiro atoms. The molecular weight excluding hydrogens is 356 g/mol. The fourth-order valence-electron chi connectivity index (χ4n) is 8.38. The second-order valence-corrected chi connectivity index (χ2v) is 10.9. The van der Waals surface area contributed by atoms with Crippen molar-refractivity contribution in [2.45, 2.75) is 88.9 Å². The van der Waals surface area contributed by atoms with E-state index in [9.17, 15) is 20.1 Å². The number of aliphatic hydroxyl groups excluding tert-OH is 1. The van der Waals surface area contributed by atoms with Crippen LogP contribution in [-0.4, -0.2) is 45.2 Å². The third-order valence-electron chi connectivity index (χ3n) is 10.1. The molecule has 0 aromatic rings. The number of cyclic esters (lactones) is 1. The molecule has 5 aliphatic rings. The molecule has 5 heteroatoms. The summed E-state index contributed by atoms with van der Waals surface area (Å²) in [5.41, 5.74) is -0.999. The highest BCUT2D eigenvalue weighted by Gasteiger charge is 2.70. The van der Waals surface area contributed by atoms with Crippen LogP contribution in [0.4, 0.5) is 0 Å². The normalized spacial score (nSPS) is 55.8. The van der Waals surface area contributed by atoms with Crippen molar-refractivity contribution >= 4 is 5.97 Å². The average molecular weight is 391 g/mol. The number of hydrogen-bond donors (Lipinski definition) is 3. The molecule has 0 aromatic carbocycles. The summed E-state index contributed by atoms with van der Waals surface area (Å²) in [4.78, 5) is 11.6. The SMILES string of the molecule is C[C@]12CC[C@@H](O)C[C@]1(O)CC[C@H]1[C@H]2CC[C@]2(C)[C@H](C3=CC(=O)OC3)CC[C@]12O. The summed E-state index contributed by atoms with van der Waals surface area (Å²) in [6, 6.07) is 0. The van der Waals surface area contributed by atoms with Crippen molar-refractivity contribution in [3.05, 3.63) is 11.6 Å². The molecule has 4 aliphatic carbocycles. The number of hydrogen-bond acceptors (Lipinski definition) is 5. The third-order valence-corrected chi connectivity index (χ3v) is 10.1. The zero-order valence-electron chi connectivity index (χ0n) is 17.1. The molecule has 5 rings (SSSR count). The molecule has 3 N–H and O–H groups in total. The summed E-state index contributed by atoms with van der Waals surface area (Å²) < 4.78 is 5.18. The van der Waals surface area contributed by atoms with Gasteiger partial charge in [-0.1, -0.05) is 13.8 Å². The van der Waals surface area contributed by atoms with Crippen molar-refractivity contribution < 1.29 is 24.9 Å². The highest BCUT2D eigenvalue weighted by Crippen LogP contribution is 2.70. The average Bonchev–Trinajstić information content (AvgIpc) is 3.17. The monoisotopic (exact) mass is 390 g/mol.